The summed E-state index contributed by atoms with van der Waals surface area (Å²) in [4.78, 5) is 14.1. The van der Waals surface area contributed by atoms with E-state index >= 15 is 0 Å². The molecular weight excluding hydrogens is 653 g/mol. The van der Waals surface area contributed by atoms with Gasteiger partial charge in [-0.1, -0.05) is 42.3 Å². The monoisotopic (exact) mass is 723 g/mol. The van der Waals surface area contributed by atoms with Crippen molar-refractivity contribution in [3.63, 3.8) is 0 Å². The maximum absolute atomic E-state index is 3.26. The van der Waals surface area contributed by atoms with Gasteiger partial charge in [0.25, 0.3) is 0 Å². The van der Waals surface area contributed by atoms with E-state index in [1.54, 1.807) is 0 Å². The van der Waals surface area contributed by atoms with Crippen LogP contribution in [0.15, 0.2) is 41.0 Å². The molecule has 0 N–H and O–H groups in total. The number of hydrogen-bond acceptors (Lipinski definition) is 6. The summed E-state index contributed by atoms with van der Waals surface area (Å²) < 4.78 is 0. The minimum atomic E-state index is -3.26. The first kappa shape index (κ1) is 40.9. The highest BCUT2D eigenvalue weighted by atomic mass is 28.3. The number of aryl methyl sites for hydroxylation is 3. The normalized spacial score (nSPS) is 16.0. The topological polar surface area (TPSA) is 19.4 Å². The van der Waals surface area contributed by atoms with Crippen molar-refractivity contribution >= 4 is 57.8 Å². The standard InChI is InChI=1S/C45H70N6Si/c1-27-23-36(42(49(17)18)32(6)39(27)46(11)12)52(45(10)26-30(4)31(5)35(45)9,37-24-28(2)40(47(13)14)33(7)43(37)50(19)20)38-25-29(3)41(48(15)16)34(8)44(38)51(21)22/h23-26H,1-22H3. The Balaban J connectivity index is 2.65. The van der Waals surface area contributed by atoms with Crippen LogP contribution in [-0.2, 0) is 0 Å². The molecule has 1 aliphatic carbocycles. The Morgan fingerprint density at radius 2 is 0.654 bits per heavy atom. The molecule has 0 radical (unpaired) electrons. The zero-order chi connectivity index (χ0) is 39.7. The van der Waals surface area contributed by atoms with Crippen molar-refractivity contribution in [2.45, 2.75) is 74.3 Å². The lowest BCUT2D eigenvalue weighted by molar-refractivity contribution is 0.868. The zero-order valence-electron chi connectivity index (χ0n) is 37.0. The highest BCUT2D eigenvalue weighted by molar-refractivity contribution is 7.16. The molecule has 0 amide bonds. The Hall–Kier alpha value is -3.84. The fraction of sp³-hybridized carbons (Fsp3) is 0.511. The molecule has 0 saturated carbocycles. The van der Waals surface area contributed by atoms with Crippen molar-refractivity contribution < 1.29 is 0 Å². The molecule has 3 aromatic rings. The Labute approximate surface area is 319 Å². The Kier molecular flexibility index (Phi) is 11.2. The van der Waals surface area contributed by atoms with Crippen LogP contribution in [-0.4, -0.2) is 92.6 Å². The third-order valence-electron chi connectivity index (χ3n) is 12.2. The van der Waals surface area contributed by atoms with Gasteiger partial charge in [0.05, 0.1) is 0 Å². The number of nitrogens with zero attached hydrogens (tertiary/aromatic N) is 6. The molecule has 0 saturated heterocycles. The van der Waals surface area contributed by atoms with E-state index in [0.717, 1.165) is 0 Å². The van der Waals surface area contributed by atoms with Crippen molar-refractivity contribution in [1.29, 1.82) is 0 Å². The summed E-state index contributed by atoms with van der Waals surface area (Å²) in [5.74, 6) is 0. The van der Waals surface area contributed by atoms with Crippen LogP contribution in [0, 0.1) is 41.5 Å². The second kappa shape index (κ2) is 14.2. The van der Waals surface area contributed by atoms with Crippen LogP contribution in [0.5, 0.6) is 0 Å². The Morgan fingerprint density at radius 3 is 0.846 bits per heavy atom. The quantitative estimate of drug-likeness (QED) is 0.159. The SMILES string of the molecule is CC1=CC(C)([Si](c2cc(C)c(N(C)C)c(C)c2N(C)C)(c2cc(C)c(N(C)C)c(C)c2N(C)C)c2cc(C)c(N(C)C)c(C)c2N(C)C)C(C)=C1C. The van der Waals surface area contributed by atoms with E-state index in [9.17, 15) is 0 Å². The third kappa shape index (κ3) is 5.91. The van der Waals surface area contributed by atoms with Gasteiger partial charge in [-0.05, 0) is 117 Å². The van der Waals surface area contributed by atoms with Crippen molar-refractivity contribution in [2.75, 3.05) is 114 Å². The van der Waals surface area contributed by atoms with Gasteiger partial charge in [-0.3, -0.25) is 0 Å². The van der Waals surface area contributed by atoms with Gasteiger partial charge in [-0.2, -0.15) is 0 Å². The molecule has 7 heteroatoms. The second-order valence-corrected chi connectivity index (χ2v) is 21.2. The van der Waals surface area contributed by atoms with Crippen LogP contribution in [0.3, 0.4) is 0 Å². The van der Waals surface area contributed by atoms with Crippen molar-refractivity contribution in [2.24, 2.45) is 0 Å². The lowest BCUT2D eigenvalue weighted by atomic mass is 10.0. The molecule has 1 atom stereocenters. The first-order valence-electron chi connectivity index (χ1n) is 18.8. The van der Waals surface area contributed by atoms with Gasteiger partial charge in [0.15, 0.2) is 8.07 Å². The molecule has 0 aromatic heterocycles. The average molecular weight is 723 g/mol. The van der Waals surface area contributed by atoms with Crippen LogP contribution in [0.1, 0.15) is 61.1 Å². The lowest BCUT2D eigenvalue weighted by Crippen LogP contribution is -2.75. The van der Waals surface area contributed by atoms with E-state index in [4.69, 9.17) is 0 Å². The summed E-state index contributed by atoms with van der Waals surface area (Å²) in [5, 5.41) is 4.10. The van der Waals surface area contributed by atoms with Gasteiger partial charge >= 0.3 is 0 Å². The van der Waals surface area contributed by atoms with Gasteiger partial charge in [0.1, 0.15) is 0 Å². The zero-order valence-corrected chi connectivity index (χ0v) is 38.0. The summed E-state index contributed by atoms with van der Waals surface area (Å²) in [7, 11) is 23.4. The van der Waals surface area contributed by atoms with E-state index in [1.165, 1.54) is 99.8 Å². The maximum Gasteiger partial charge on any atom is 0.169 e. The summed E-state index contributed by atoms with van der Waals surface area (Å²) in [6.07, 6.45) is 2.67. The van der Waals surface area contributed by atoms with Crippen molar-refractivity contribution in [1.82, 2.24) is 0 Å². The van der Waals surface area contributed by atoms with Crippen molar-refractivity contribution in [3.05, 3.63) is 74.4 Å². The molecule has 1 unspecified atom stereocenters. The van der Waals surface area contributed by atoms with E-state index in [1.807, 2.05) is 0 Å². The third-order valence-corrected chi connectivity index (χ3v) is 17.9. The van der Waals surface area contributed by atoms with Crippen LogP contribution < -0.4 is 45.0 Å². The molecule has 0 bridgehead atoms. The number of anilines is 6. The first-order chi connectivity index (χ1) is 23.9. The predicted molar refractivity (Wildman–Crippen MR) is 239 cm³/mol. The highest BCUT2D eigenvalue weighted by Gasteiger charge is 2.60. The molecule has 3 aromatic carbocycles. The second-order valence-electron chi connectivity index (χ2n) is 17.1. The fourth-order valence-electron chi connectivity index (χ4n) is 10.5. The number of allylic oxidation sites excluding steroid dienone is 4. The predicted octanol–water partition coefficient (Wildman–Crippen LogP) is 7.46. The molecule has 0 spiro atoms. The Bertz CT molecular complexity index is 1780. The molecule has 6 nitrogen and oxygen atoms in total. The summed E-state index contributed by atoms with van der Waals surface area (Å²) in [6.45, 7) is 23.7. The van der Waals surface area contributed by atoms with Crippen LogP contribution >= 0.6 is 0 Å². The first-order valence-corrected chi connectivity index (χ1v) is 20.8. The van der Waals surface area contributed by atoms with E-state index in [-0.39, 0.29) is 5.04 Å². The van der Waals surface area contributed by atoms with Crippen LogP contribution in [0.2, 0.25) is 5.04 Å². The summed E-state index contributed by atoms with van der Waals surface area (Å²) in [5.41, 5.74) is 20.1. The van der Waals surface area contributed by atoms with Gasteiger partial charge in [-0.25, -0.2) is 0 Å². The minimum absolute atomic E-state index is 0.309. The summed E-state index contributed by atoms with van der Waals surface area (Å²) >= 11 is 0. The number of hydrogen-bond donors (Lipinski definition) is 0. The molecule has 284 valence electrons. The largest absolute Gasteiger partial charge is 0.377 e. The average Bonchev–Trinajstić information content (AvgIpc) is 3.18. The minimum Gasteiger partial charge on any atom is -0.377 e. The molecule has 0 fully saturated rings. The number of benzene rings is 3. The molecular formula is C45H70N6Si. The van der Waals surface area contributed by atoms with E-state index in [2.05, 4.69) is 207 Å². The molecule has 0 aliphatic heterocycles. The lowest BCUT2D eigenvalue weighted by Gasteiger charge is -2.51. The summed E-state index contributed by atoms with van der Waals surface area (Å²) in [6, 6.07) is 7.81. The molecule has 4 rings (SSSR count). The van der Waals surface area contributed by atoms with Gasteiger partial charge in [0.2, 0.25) is 0 Å². The van der Waals surface area contributed by atoms with E-state index < -0.39 is 8.07 Å². The number of rotatable bonds is 10. The van der Waals surface area contributed by atoms with E-state index in [0.29, 0.717) is 0 Å². The van der Waals surface area contributed by atoms with Gasteiger partial charge in [-0.15, -0.1) is 0 Å². The van der Waals surface area contributed by atoms with Crippen LogP contribution in [0.4, 0.5) is 34.1 Å². The van der Waals surface area contributed by atoms with Crippen molar-refractivity contribution in [3.8, 4) is 0 Å². The maximum atomic E-state index is 2.67. The fourth-order valence-corrected chi connectivity index (χ4v) is 17.9. The molecule has 1 aliphatic rings. The Morgan fingerprint density at radius 1 is 0.404 bits per heavy atom. The molecule has 0 heterocycles. The smallest absolute Gasteiger partial charge is 0.169 e. The van der Waals surface area contributed by atoms with Gasteiger partial charge < -0.3 is 29.4 Å². The van der Waals surface area contributed by atoms with Gasteiger partial charge in [0, 0.05) is 124 Å². The van der Waals surface area contributed by atoms with Crippen LogP contribution in [0.25, 0.3) is 0 Å². The molecule has 52 heavy (non-hydrogen) atoms. The highest BCUT2D eigenvalue weighted by Crippen LogP contribution is 2.56.